The molecular weight excluding hydrogens is 382 g/mol. The number of amides is 3. The third-order valence-electron chi connectivity index (χ3n) is 4.93. The Balaban J connectivity index is 1.57. The van der Waals surface area contributed by atoms with Crippen LogP contribution in [0.25, 0.3) is 0 Å². The van der Waals surface area contributed by atoms with Crippen LogP contribution in [0, 0.1) is 6.92 Å². The molecule has 1 saturated heterocycles. The van der Waals surface area contributed by atoms with Gasteiger partial charge in [0, 0.05) is 5.69 Å². The van der Waals surface area contributed by atoms with Gasteiger partial charge in [-0.2, -0.15) is 15.0 Å². The van der Waals surface area contributed by atoms with Crippen molar-refractivity contribution in [1.82, 2.24) is 25.2 Å². The van der Waals surface area contributed by atoms with E-state index in [9.17, 15) is 9.59 Å². The maximum absolute atomic E-state index is 13.1. The largest absolute Gasteiger partial charge is 0.368 e. The van der Waals surface area contributed by atoms with E-state index in [4.69, 9.17) is 5.73 Å². The fraction of sp³-hybridized carbons (Fsp3) is 0.190. The number of nitrogen functional groups attached to an aromatic ring is 1. The van der Waals surface area contributed by atoms with Crippen LogP contribution in [0.1, 0.15) is 23.9 Å². The fourth-order valence-electron chi connectivity index (χ4n) is 3.28. The van der Waals surface area contributed by atoms with E-state index in [1.807, 2.05) is 49.4 Å². The second kappa shape index (κ2) is 7.43. The van der Waals surface area contributed by atoms with E-state index >= 15 is 0 Å². The highest BCUT2D eigenvalue weighted by Crippen LogP contribution is 2.29. The van der Waals surface area contributed by atoms with Crippen molar-refractivity contribution in [3.8, 4) is 0 Å². The summed E-state index contributed by atoms with van der Waals surface area (Å²) in [5, 5.41) is 5.82. The summed E-state index contributed by atoms with van der Waals surface area (Å²) in [5.74, 6) is 0.0513. The Morgan fingerprint density at radius 1 is 1.03 bits per heavy atom. The van der Waals surface area contributed by atoms with E-state index in [0.29, 0.717) is 5.56 Å². The van der Waals surface area contributed by atoms with Crippen LogP contribution in [-0.2, 0) is 16.9 Å². The van der Waals surface area contributed by atoms with Crippen LogP contribution in [0.2, 0.25) is 0 Å². The minimum Gasteiger partial charge on any atom is -0.368 e. The standard InChI is InChI=1S/C21H21N7O2/c1-13-8-10-15(11-9-13)23-19-25-16(24-18(22)26-19)12-28-17(29)21(2,27-20(28)30)14-6-4-3-5-7-14/h3-11H,12H2,1-2H3,(H,27,30)(H3,22,23,24,25,26)/t21-/m0/s1. The highest BCUT2D eigenvalue weighted by Gasteiger charge is 2.49. The Morgan fingerprint density at radius 3 is 2.43 bits per heavy atom. The van der Waals surface area contributed by atoms with Gasteiger partial charge in [-0.15, -0.1) is 0 Å². The van der Waals surface area contributed by atoms with E-state index in [-0.39, 0.29) is 30.2 Å². The summed E-state index contributed by atoms with van der Waals surface area (Å²) in [6.45, 7) is 3.54. The number of hydrogen-bond donors (Lipinski definition) is 3. The topological polar surface area (TPSA) is 126 Å². The number of urea groups is 1. The lowest BCUT2D eigenvalue weighted by atomic mass is 9.92. The van der Waals surface area contributed by atoms with Crippen LogP contribution in [0.15, 0.2) is 54.6 Å². The van der Waals surface area contributed by atoms with Gasteiger partial charge in [0.15, 0.2) is 5.82 Å². The molecule has 0 bridgehead atoms. The number of hydrogen-bond acceptors (Lipinski definition) is 7. The summed E-state index contributed by atoms with van der Waals surface area (Å²) >= 11 is 0. The number of rotatable bonds is 5. The second-order valence-electron chi connectivity index (χ2n) is 7.24. The first kappa shape index (κ1) is 19.3. The number of aromatic nitrogens is 3. The Labute approximate surface area is 173 Å². The molecule has 9 nitrogen and oxygen atoms in total. The van der Waals surface area contributed by atoms with Crippen molar-refractivity contribution in [3.63, 3.8) is 0 Å². The predicted octanol–water partition coefficient (Wildman–Crippen LogP) is 2.47. The summed E-state index contributed by atoms with van der Waals surface area (Å²) in [6.07, 6.45) is 0. The number of imide groups is 1. The minimum absolute atomic E-state index is 0.00696. The third-order valence-corrected chi connectivity index (χ3v) is 4.93. The molecule has 30 heavy (non-hydrogen) atoms. The van der Waals surface area contributed by atoms with Crippen molar-refractivity contribution in [2.75, 3.05) is 11.1 Å². The highest BCUT2D eigenvalue weighted by molar-refractivity contribution is 6.07. The molecule has 1 atom stereocenters. The van der Waals surface area contributed by atoms with Crippen LogP contribution < -0.4 is 16.4 Å². The van der Waals surface area contributed by atoms with Gasteiger partial charge in [-0.25, -0.2) is 4.79 Å². The van der Waals surface area contributed by atoms with Gasteiger partial charge in [-0.05, 0) is 31.5 Å². The zero-order valence-corrected chi connectivity index (χ0v) is 16.6. The first-order chi connectivity index (χ1) is 14.3. The van der Waals surface area contributed by atoms with Crippen molar-refractivity contribution >= 4 is 29.5 Å². The van der Waals surface area contributed by atoms with E-state index in [1.54, 1.807) is 19.1 Å². The van der Waals surface area contributed by atoms with E-state index in [1.165, 1.54) is 0 Å². The molecule has 9 heteroatoms. The summed E-state index contributed by atoms with van der Waals surface area (Å²) in [7, 11) is 0. The van der Waals surface area contributed by atoms with E-state index in [2.05, 4.69) is 25.6 Å². The first-order valence-corrected chi connectivity index (χ1v) is 9.39. The lowest BCUT2D eigenvalue weighted by molar-refractivity contribution is -0.131. The monoisotopic (exact) mass is 403 g/mol. The molecule has 0 spiro atoms. The van der Waals surface area contributed by atoms with Gasteiger partial charge in [-0.1, -0.05) is 48.0 Å². The van der Waals surface area contributed by atoms with Gasteiger partial charge in [0.2, 0.25) is 11.9 Å². The Morgan fingerprint density at radius 2 is 1.73 bits per heavy atom. The summed E-state index contributed by atoms with van der Waals surface area (Å²) < 4.78 is 0. The van der Waals surface area contributed by atoms with Gasteiger partial charge in [0.1, 0.15) is 5.54 Å². The fourth-order valence-corrected chi connectivity index (χ4v) is 3.28. The normalized spacial score (nSPS) is 18.4. The lowest BCUT2D eigenvalue weighted by Crippen LogP contribution is -2.40. The number of aryl methyl sites for hydroxylation is 1. The molecule has 2 heterocycles. The first-order valence-electron chi connectivity index (χ1n) is 9.39. The van der Waals surface area contributed by atoms with Crippen molar-refractivity contribution < 1.29 is 9.59 Å². The Kier molecular flexibility index (Phi) is 4.78. The molecule has 0 radical (unpaired) electrons. The van der Waals surface area contributed by atoms with Gasteiger partial charge >= 0.3 is 6.03 Å². The summed E-state index contributed by atoms with van der Waals surface area (Å²) in [5.41, 5.74) is 7.27. The molecule has 2 aromatic carbocycles. The number of carbonyl (C=O) groups is 2. The molecule has 4 rings (SSSR count). The minimum atomic E-state index is -1.15. The zero-order valence-electron chi connectivity index (χ0n) is 16.6. The average Bonchev–Trinajstić information content (AvgIpc) is 2.94. The molecule has 0 aliphatic carbocycles. The average molecular weight is 403 g/mol. The zero-order chi connectivity index (χ0) is 21.3. The number of nitrogens with two attached hydrogens (primary N) is 1. The van der Waals surface area contributed by atoms with Gasteiger partial charge in [-0.3, -0.25) is 9.69 Å². The smallest absolute Gasteiger partial charge is 0.325 e. The molecular formula is C21H21N7O2. The van der Waals surface area contributed by atoms with E-state index < -0.39 is 11.6 Å². The highest BCUT2D eigenvalue weighted by atomic mass is 16.2. The summed E-state index contributed by atoms with van der Waals surface area (Å²) in [6, 6.07) is 16.2. The van der Waals surface area contributed by atoms with Crippen molar-refractivity contribution in [3.05, 3.63) is 71.5 Å². The summed E-state index contributed by atoms with van der Waals surface area (Å²) in [4.78, 5) is 39.2. The van der Waals surface area contributed by atoms with Crippen LogP contribution in [0.5, 0.6) is 0 Å². The third kappa shape index (κ3) is 3.64. The number of nitrogens with one attached hydrogen (secondary N) is 2. The van der Waals surface area contributed by atoms with Gasteiger partial charge in [0.25, 0.3) is 5.91 Å². The maximum atomic E-state index is 13.1. The number of carbonyl (C=O) groups excluding carboxylic acids is 2. The SMILES string of the molecule is Cc1ccc(Nc2nc(N)nc(CN3C(=O)N[C@@](C)(c4ccccc4)C3=O)n2)cc1. The quantitative estimate of drug-likeness (QED) is 0.559. The molecule has 1 fully saturated rings. The second-order valence-corrected chi connectivity index (χ2v) is 7.24. The number of nitrogens with zero attached hydrogens (tertiary/aromatic N) is 4. The molecule has 0 saturated carbocycles. The lowest BCUT2D eigenvalue weighted by Gasteiger charge is -2.22. The molecule has 152 valence electrons. The van der Waals surface area contributed by atoms with Gasteiger partial charge < -0.3 is 16.4 Å². The molecule has 4 N–H and O–H groups in total. The van der Waals surface area contributed by atoms with E-state index in [0.717, 1.165) is 16.2 Å². The van der Waals surface area contributed by atoms with Crippen LogP contribution in [0.4, 0.5) is 22.4 Å². The molecule has 3 amide bonds. The molecule has 3 aromatic rings. The maximum Gasteiger partial charge on any atom is 0.325 e. The molecule has 0 unspecified atom stereocenters. The molecule has 1 aromatic heterocycles. The van der Waals surface area contributed by atoms with Crippen LogP contribution in [0.3, 0.4) is 0 Å². The Hall–Kier alpha value is -4.01. The van der Waals surface area contributed by atoms with Crippen LogP contribution >= 0.6 is 0 Å². The van der Waals surface area contributed by atoms with Gasteiger partial charge in [0.05, 0.1) is 6.54 Å². The molecule has 1 aliphatic heterocycles. The van der Waals surface area contributed by atoms with Crippen molar-refractivity contribution in [2.45, 2.75) is 25.9 Å². The predicted molar refractivity (Wildman–Crippen MR) is 112 cm³/mol. The van der Waals surface area contributed by atoms with Crippen LogP contribution in [-0.4, -0.2) is 31.8 Å². The van der Waals surface area contributed by atoms with Crippen molar-refractivity contribution in [2.24, 2.45) is 0 Å². The van der Waals surface area contributed by atoms with Crippen molar-refractivity contribution in [1.29, 1.82) is 0 Å². The number of anilines is 3. The Bertz CT molecular complexity index is 1100. The molecule has 1 aliphatic rings. The number of benzene rings is 2.